The third-order valence-corrected chi connectivity index (χ3v) is 11.0. The number of hydrogen-bond donors (Lipinski definition) is 3. The van der Waals surface area contributed by atoms with Crippen molar-refractivity contribution in [3.05, 3.63) is 75.8 Å². The minimum atomic E-state index is -1.39. The summed E-state index contributed by atoms with van der Waals surface area (Å²) in [5, 5.41) is 11.5. The third kappa shape index (κ3) is 6.58. The Balaban J connectivity index is 1.01. The topological polar surface area (TPSA) is 194 Å². The molecule has 0 bridgehead atoms. The van der Waals surface area contributed by atoms with Gasteiger partial charge in [-0.25, -0.2) is 18.8 Å². The van der Waals surface area contributed by atoms with Crippen molar-refractivity contribution in [2.45, 2.75) is 55.6 Å². The van der Waals surface area contributed by atoms with Gasteiger partial charge in [0, 0.05) is 49.1 Å². The highest BCUT2D eigenvalue weighted by Gasteiger charge is 2.64. The molecule has 1 unspecified atom stereocenters. The first-order chi connectivity index (χ1) is 24.2. The van der Waals surface area contributed by atoms with Crippen LogP contribution in [0.15, 0.2) is 53.5 Å². The van der Waals surface area contributed by atoms with E-state index in [-0.39, 0.29) is 37.3 Å². The fraction of sp³-hybridized carbons (Fsp3) is 0.412. The molecule has 3 amide bonds. The maximum atomic E-state index is 15.2. The number of β-lactam (4-membered cyclic amide) rings is 1. The number of halogens is 1. The van der Waals surface area contributed by atoms with Crippen LogP contribution in [-0.2, 0) is 30.4 Å². The minimum Gasteiger partial charge on any atom is -0.477 e. The number of aryl methyl sites for hydroxylation is 1. The lowest BCUT2D eigenvalue weighted by Gasteiger charge is -2.44. The maximum absolute atomic E-state index is 15.2. The van der Waals surface area contributed by atoms with E-state index in [1.54, 1.807) is 60.6 Å². The number of aromatic nitrogens is 1. The summed E-state index contributed by atoms with van der Waals surface area (Å²) >= 11 is 1.34. The first-order valence-electron chi connectivity index (χ1n) is 16.3. The Labute approximate surface area is 295 Å². The van der Waals surface area contributed by atoms with Gasteiger partial charge in [-0.3, -0.25) is 14.4 Å². The SMILES string of the molecule is CCn1cc(C(=O)O)c(=O)c2cc(F)c(N3CCN(C(=O)OCOC(=O)[C@@H]4N5C(=O)[C@@H](NC(=O)C(N)c6ccccc6)[C@H]5SC4(C)C)CC3)cc21. The highest BCUT2D eigenvalue weighted by molar-refractivity contribution is 8.01. The van der Waals surface area contributed by atoms with E-state index >= 15 is 4.39 Å². The molecule has 3 aliphatic heterocycles. The molecule has 3 fully saturated rings. The number of anilines is 1. The van der Waals surface area contributed by atoms with Crippen LogP contribution >= 0.6 is 11.8 Å². The number of ether oxygens (including phenoxy) is 2. The molecule has 4 N–H and O–H groups in total. The zero-order valence-electron chi connectivity index (χ0n) is 28.0. The Morgan fingerprint density at radius 3 is 2.41 bits per heavy atom. The number of nitrogens with zero attached hydrogens (tertiary/aromatic N) is 4. The number of pyridine rings is 1. The predicted molar refractivity (Wildman–Crippen MR) is 183 cm³/mol. The Morgan fingerprint density at radius 2 is 1.76 bits per heavy atom. The van der Waals surface area contributed by atoms with Crippen molar-refractivity contribution in [1.82, 2.24) is 19.7 Å². The van der Waals surface area contributed by atoms with E-state index in [1.807, 2.05) is 0 Å². The molecule has 1 aromatic heterocycles. The van der Waals surface area contributed by atoms with Gasteiger partial charge in [0.05, 0.1) is 11.2 Å². The molecule has 4 atom stereocenters. The van der Waals surface area contributed by atoms with E-state index in [2.05, 4.69) is 5.32 Å². The quantitative estimate of drug-likeness (QED) is 0.165. The number of rotatable bonds is 9. The Hall–Kier alpha value is -5.16. The third-order valence-electron chi connectivity index (χ3n) is 9.39. The first kappa shape index (κ1) is 35.7. The Morgan fingerprint density at radius 1 is 1.08 bits per heavy atom. The van der Waals surface area contributed by atoms with Gasteiger partial charge in [0.1, 0.15) is 34.9 Å². The number of benzene rings is 2. The van der Waals surface area contributed by atoms with Gasteiger partial charge in [-0.15, -0.1) is 11.8 Å². The molecule has 0 aliphatic carbocycles. The monoisotopic (exact) mass is 724 g/mol. The Bertz CT molecular complexity index is 1970. The second-order valence-electron chi connectivity index (χ2n) is 12.9. The summed E-state index contributed by atoms with van der Waals surface area (Å²) in [4.78, 5) is 80.6. The van der Waals surface area contributed by atoms with Crippen molar-refractivity contribution >= 4 is 58.2 Å². The van der Waals surface area contributed by atoms with Crippen LogP contribution in [0.4, 0.5) is 14.9 Å². The number of thioether (sulfide) groups is 1. The summed E-state index contributed by atoms with van der Waals surface area (Å²) in [6.45, 7) is 5.74. The van der Waals surface area contributed by atoms with Crippen LogP contribution in [0.1, 0.15) is 42.7 Å². The summed E-state index contributed by atoms with van der Waals surface area (Å²) in [5.74, 6) is -3.83. The second-order valence-corrected chi connectivity index (χ2v) is 14.7. The van der Waals surface area contributed by atoms with Crippen LogP contribution in [0, 0.1) is 5.82 Å². The lowest BCUT2D eigenvalue weighted by atomic mass is 9.95. The first-order valence-corrected chi connectivity index (χ1v) is 17.2. The second kappa shape index (κ2) is 13.9. The lowest BCUT2D eigenvalue weighted by molar-refractivity contribution is -0.169. The van der Waals surface area contributed by atoms with Crippen molar-refractivity contribution in [3.63, 3.8) is 0 Å². The highest BCUT2D eigenvalue weighted by atomic mass is 32.2. The maximum Gasteiger partial charge on any atom is 0.412 e. The summed E-state index contributed by atoms with van der Waals surface area (Å²) < 4.78 is 26.5. The molecular weight excluding hydrogens is 687 g/mol. The number of amides is 3. The zero-order chi connectivity index (χ0) is 36.8. The van der Waals surface area contributed by atoms with Crippen LogP contribution in [-0.4, -0.2) is 104 Å². The van der Waals surface area contributed by atoms with Gasteiger partial charge in [0.25, 0.3) is 0 Å². The number of carbonyl (C=O) groups excluding carboxylic acids is 4. The summed E-state index contributed by atoms with van der Waals surface area (Å²) in [7, 11) is 0. The van der Waals surface area contributed by atoms with Crippen LogP contribution < -0.4 is 21.4 Å². The number of nitrogens with one attached hydrogen (secondary N) is 1. The molecular formula is C34H37FN6O9S. The molecule has 270 valence electrons. The molecule has 0 radical (unpaired) electrons. The van der Waals surface area contributed by atoms with Gasteiger partial charge >= 0.3 is 18.0 Å². The van der Waals surface area contributed by atoms with Crippen molar-refractivity contribution in [1.29, 1.82) is 0 Å². The molecule has 3 aliphatic rings. The van der Waals surface area contributed by atoms with E-state index < -0.39 is 81.7 Å². The number of hydrogen-bond acceptors (Lipinski definition) is 11. The summed E-state index contributed by atoms with van der Waals surface area (Å²) in [6, 6.07) is 8.46. The summed E-state index contributed by atoms with van der Waals surface area (Å²) in [6.07, 6.45) is 0.487. The Kier molecular flexibility index (Phi) is 9.69. The van der Waals surface area contributed by atoms with E-state index in [4.69, 9.17) is 15.2 Å². The zero-order valence-corrected chi connectivity index (χ0v) is 28.9. The highest BCUT2D eigenvalue weighted by Crippen LogP contribution is 2.51. The van der Waals surface area contributed by atoms with Gasteiger partial charge in [0.15, 0.2) is 0 Å². The van der Waals surface area contributed by atoms with Gasteiger partial charge in [-0.1, -0.05) is 30.3 Å². The normalized spacial score (nSPS) is 21.5. The molecule has 51 heavy (non-hydrogen) atoms. The van der Waals surface area contributed by atoms with E-state index in [0.29, 0.717) is 17.6 Å². The fourth-order valence-electron chi connectivity index (χ4n) is 6.68. The molecule has 17 heteroatoms. The molecule has 3 saturated heterocycles. The van der Waals surface area contributed by atoms with E-state index in [0.717, 1.165) is 6.07 Å². The molecule has 2 aromatic carbocycles. The van der Waals surface area contributed by atoms with Gasteiger partial charge in [0.2, 0.25) is 24.0 Å². The number of aromatic carboxylic acids is 1. The van der Waals surface area contributed by atoms with Crippen LogP contribution in [0.3, 0.4) is 0 Å². The van der Waals surface area contributed by atoms with Crippen molar-refractivity contribution in [2.24, 2.45) is 5.73 Å². The van der Waals surface area contributed by atoms with Crippen molar-refractivity contribution in [2.75, 3.05) is 37.9 Å². The van der Waals surface area contributed by atoms with Crippen molar-refractivity contribution < 1.29 is 42.9 Å². The van der Waals surface area contributed by atoms with Gasteiger partial charge < -0.3 is 44.9 Å². The molecule has 0 spiro atoms. The van der Waals surface area contributed by atoms with Gasteiger partial charge in [-0.2, -0.15) is 0 Å². The number of piperazine rings is 1. The van der Waals surface area contributed by atoms with Crippen LogP contribution in [0.25, 0.3) is 10.9 Å². The van der Waals surface area contributed by atoms with Crippen LogP contribution in [0.2, 0.25) is 0 Å². The lowest BCUT2D eigenvalue weighted by Crippen LogP contribution is -2.71. The molecule has 15 nitrogen and oxygen atoms in total. The van der Waals surface area contributed by atoms with Crippen molar-refractivity contribution in [3.8, 4) is 0 Å². The fourth-order valence-corrected chi connectivity index (χ4v) is 8.30. The standard InChI is InChI=1S/C34H37FN6O9S/c1-4-38-16-20(31(45)46)26(42)19-14-21(35)23(15-22(19)38)39-10-12-40(13-11-39)33(48)50-17-49-32(47)27-34(2,3)51-30-25(29(44)41(27)30)37-28(43)24(36)18-8-6-5-7-9-18/h5-9,14-16,24-25,27,30H,4,10-13,17,36H2,1-3H3,(H,37,43)(H,45,46)/t24?,25-,27+,30-/m1/s1. The van der Waals surface area contributed by atoms with E-state index in [1.165, 1.54) is 33.8 Å². The van der Waals surface area contributed by atoms with Gasteiger partial charge in [-0.05, 0) is 38.5 Å². The average Bonchev–Trinajstić information content (AvgIpc) is 3.37. The number of carboxylic acids is 1. The molecule has 4 heterocycles. The number of esters is 1. The smallest absolute Gasteiger partial charge is 0.412 e. The summed E-state index contributed by atoms with van der Waals surface area (Å²) in [5.41, 5.74) is 6.05. The molecule has 6 rings (SSSR count). The molecule has 3 aromatic rings. The average molecular weight is 725 g/mol. The molecule has 0 saturated carbocycles. The van der Waals surface area contributed by atoms with Crippen LogP contribution in [0.5, 0.6) is 0 Å². The number of carboxylic acid groups (broad SMARTS) is 1. The number of fused-ring (bicyclic) bond motifs is 2. The largest absolute Gasteiger partial charge is 0.477 e. The number of carbonyl (C=O) groups is 5. The number of nitrogens with two attached hydrogens (primary N) is 1. The van der Waals surface area contributed by atoms with E-state index in [9.17, 15) is 33.9 Å². The minimum absolute atomic E-state index is 0.0431. The predicted octanol–water partition coefficient (Wildman–Crippen LogP) is 1.87.